The zero-order valence-corrected chi connectivity index (χ0v) is 18.1. The average Bonchev–Trinajstić information content (AvgIpc) is 3.69. The predicted octanol–water partition coefficient (Wildman–Crippen LogP) is 4.13. The lowest BCUT2D eigenvalue weighted by Gasteiger charge is -2.35. The third-order valence-electron chi connectivity index (χ3n) is 6.20. The van der Waals surface area contributed by atoms with E-state index in [1.54, 1.807) is 0 Å². The highest BCUT2D eigenvalue weighted by Gasteiger charge is 2.34. The molecule has 1 aromatic heterocycles. The minimum absolute atomic E-state index is 0.0852. The van der Waals surface area contributed by atoms with Crippen molar-refractivity contribution in [3.63, 3.8) is 0 Å². The van der Waals surface area contributed by atoms with Crippen LogP contribution in [0.15, 0.2) is 30.6 Å². The first kappa shape index (κ1) is 21.9. The van der Waals surface area contributed by atoms with Gasteiger partial charge in [0.25, 0.3) is 5.91 Å². The Morgan fingerprint density at radius 1 is 1.09 bits per heavy atom. The summed E-state index contributed by atoms with van der Waals surface area (Å²) < 4.78 is 42.2. The summed E-state index contributed by atoms with van der Waals surface area (Å²) in [6.45, 7) is 2.64. The van der Waals surface area contributed by atoms with Gasteiger partial charge in [-0.2, -0.15) is 0 Å². The van der Waals surface area contributed by atoms with E-state index in [0.717, 1.165) is 37.9 Å². The number of aromatic nitrogens is 2. The summed E-state index contributed by atoms with van der Waals surface area (Å²) in [7, 11) is 0. The van der Waals surface area contributed by atoms with Crippen LogP contribution in [0.1, 0.15) is 59.5 Å². The van der Waals surface area contributed by atoms with Crippen LogP contribution >= 0.6 is 0 Å². The fourth-order valence-corrected chi connectivity index (χ4v) is 4.26. The molecule has 0 atom stereocenters. The molecular formula is C23H26F3N5O2. The van der Waals surface area contributed by atoms with Gasteiger partial charge >= 0.3 is 6.36 Å². The van der Waals surface area contributed by atoms with Gasteiger partial charge in [-0.15, -0.1) is 13.2 Å². The third kappa shape index (κ3) is 5.73. The Hall–Kier alpha value is -2.88. The molecular weight excluding hydrogens is 435 g/mol. The monoisotopic (exact) mass is 461 g/mol. The lowest BCUT2D eigenvalue weighted by molar-refractivity contribution is -0.274. The van der Waals surface area contributed by atoms with Gasteiger partial charge in [0.2, 0.25) is 5.95 Å². The van der Waals surface area contributed by atoms with E-state index in [-0.39, 0.29) is 24.1 Å². The van der Waals surface area contributed by atoms with E-state index < -0.39 is 6.36 Å². The summed E-state index contributed by atoms with van der Waals surface area (Å²) in [4.78, 5) is 25.5. The molecule has 2 heterocycles. The summed E-state index contributed by atoms with van der Waals surface area (Å²) in [6, 6.07) is 5.32. The second-order valence-electron chi connectivity index (χ2n) is 8.99. The number of hydrogen-bond acceptors (Lipinski definition) is 6. The van der Waals surface area contributed by atoms with Crippen molar-refractivity contribution in [1.29, 1.82) is 0 Å². The third-order valence-corrected chi connectivity index (χ3v) is 6.20. The van der Waals surface area contributed by atoms with Crippen LogP contribution in [0, 0.1) is 0 Å². The molecule has 0 unspecified atom stereocenters. The molecule has 1 aromatic carbocycles. The van der Waals surface area contributed by atoms with Crippen molar-refractivity contribution in [3.05, 3.63) is 47.3 Å². The van der Waals surface area contributed by atoms with Crippen LogP contribution in [-0.2, 0) is 6.54 Å². The van der Waals surface area contributed by atoms with Crippen molar-refractivity contribution in [2.75, 3.05) is 25.1 Å². The Bertz CT molecular complexity index is 1010. The minimum atomic E-state index is -4.73. The maximum absolute atomic E-state index is 12.8. The summed E-state index contributed by atoms with van der Waals surface area (Å²) >= 11 is 0. The average molecular weight is 461 g/mol. The van der Waals surface area contributed by atoms with E-state index in [1.165, 1.54) is 37.4 Å². The lowest BCUT2D eigenvalue weighted by Crippen LogP contribution is -2.48. The van der Waals surface area contributed by atoms with E-state index in [1.807, 2.05) is 11.0 Å². The van der Waals surface area contributed by atoms with Gasteiger partial charge in [-0.1, -0.05) is 6.07 Å². The lowest BCUT2D eigenvalue weighted by atomic mass is 10.1. The Balaban J connectivity index is 1.21. The number of alkyl halides is 3. The second kappa shape index (κ2) is 8.81. The van der Waals surface area contributed by atoms with Crippen molar-refractivity contribution in [2.24, 2.45) is 0 Å². The number of carbonyl (C=O) groups is 1. The first-order valence-corrected chi connectivity index (χ1v) is 11.3. The number of nitrogens with one attached hydrogen (secondary N) is 1. The van der Waals surface area contributed by atoms with Crippen molar-refractivity contribution >= 4 is 11.9 Å². The van der Waals surface area contributed by atoms with Crippen LogP contribution in [0.2, 0.25) is 0 Å². The predicted molar refractivity (Wildman–Crippen MR) is 115 cm³/mol. The van der Waals surface area contributed by atoms with Crippen molar-refractivity contribution in [1.82, 2.24) is 19.8 Å². The van der Waals surface area contributed by atoms with Crippen LogP contribution < -0.4 is 10.1 Å². The van der Waals surface area contributed by atoms with Crippen LogP contribution in [0.25, 0.3) is 0 Å². The summed E-state index contributed by atoms with van der Waals surface area (Å²) in [5.41, 5.74) is 1.92. The summed E-state index contributed by atoms with van der Waals surface area (Å²) in [5, 5.41) is 3.02. The quantitative estimate of drug-likeness (QED) is 0.669. The van der Waals surface area contributed by atoms with Gasteiger partial charge in [-0.25, -0.2) is 9.97 Å². The molecule has 0 spiro atoms. The number of hydrogen-bond donors (Lipinski definition) is 1. The Kier molecular flexibility index (Phi) is 5.86. The van der Waals surface area contributed by atoms with Gasteiger partial charge in [0.1, 0.15) is 5.75 Å². The zero-order chi connectivity index (χ0) is 23.0. The second-order valence-corrected chi connectivity index (χ2v) is 8.99. The highest BCUT2D eigenvalue weighted by atomic mass is 19.4. The summed E-state index contributed by atoms with van der Waals surface area (Å²) in [5.74, 6) is 0.290. The minimum Gasteiger partial charge on any atom is -0.406 e. The molecule has 1 aliphatic heterocycles. The van der Waals surface area contributed by atoms with Crippen LogP contribution in [0.5, 0.6) is 5.75 Å². The molecule has 7 nitrogen and oxygen atoms in total. The van der Waals surface area contributed by atoms with Gasteiger partial charge in [-0.3, -0.25) is 9.69 Å². The van der Waals surface area contributed by atoms with Gasteiger partial charge in [0.15, 0.2) is 0 Å². The molecule has 2 aliphatic carbocycles. The van der Waals surface area contributed by atoms with Crippen LogP contribution in [-0.4, -0.2) is 57.8 Å². The van der Waals surface area contributed by atoms with E-state index in [9.17, 15) is 18.0 Å². The molecule has 33 heavy (non-hydrogen) atoms. The van der Waals surface area contributed by atoms with E-state index in [2.05, 4.69) is 24.9 Å². The fourth-order valence-electron chi connectivity index (χ4n) is 4.26. The number of amides is 1. The topological polar surface area (TPSA) is 70.6 Å². The highest BCUT2D eigenvalue weighted by molar-refractivity contribution is 5.93. The van der Waals surface area contributed by atoms with Gasteiger partial charge in [0, 0.05) is 38.1 Å². The largest absolute Gasteiger partial charge is 0.573 e. The molecule has 1 amide bonds. The molecule has 176 valence electrons. The van der Waals surface area contributed by atoms with Crippen molar-refractivity contribution in [2.45, 2.75) is 57.0 Å². The molecule has 2 saturated carbocycles. The van der Waals surface area contributed by atoms with E-state index >= 15 is 0 Å². The Labute approximate surface area is 189 Å². The number of ether oxygens (including phenoxy) is 1. The van der Waals surface area contributed by atoms with Gasteiger partial charge in [0.05, 0.1) is 12.2 Å². The number of anilines is 1. The zero-order valence-electron chi connectivity index (χ0n) is 18.1. The normalized spacial score (nSPS) is 19.4. The number of halogens is 3. The Morgan fingerprint density at radius 3 is 2.52 bits per heavy atom. The molecule has 5 rings (SSSR count). The number of carbonyl (C=O) groups excluding carboxylic acids is 1. The molecule has 0 radical (unpaired) electrons. The number of rotatable bonds is 7. The van der Waals surface area contributed by atoms with Crippen molar-refractivity contribution in [3.8, 4) is 5.75 Å². The molecule has 3 fully saturated rings. The molecule has 1 saturated heterocycles. The smallest absolute Gasteiger partial charge is 0.406 e. The number of benzene rings is 1. The highest BCUT2D eigenvalue weighted by Crippen LogP contribution is 2.42. The molecule has 10 heteroatoms. The maximum Gasteiger partial charge on any atom is 0.573 e. The first-order valence-electron chi connectivity index (χ1n) is 11.3. The van der Waals surface area contributed by atoms with Gasteiger partial charge in [-0.05, 0) is 61.3 Å². The fraction of sp³-hybridized carbons (Fsp3) is 0.522. The molecule has 0 bridgehead atoms. The molecule has 1 N–H and O–H groups in total. The van der Waals surface area contributed by atoms with E-state index in [4.69, 9.17) is 0 Å². The SMILES string of the molecule is O=C(c1cnc(NCc2cc(OC(F)(F)F)cc(C3CC3)c2)nc1)N1CCCN(C2CC2)C1. The summed E-state index contributed by atoms with van der Waals surface area (Å²) in [6.07, 6.45) is 3.56. The van der Waals surface area contributed by atoms with Crippen molar-refractivity contribution < 1.29 is 22.7 Å². The maximum atomic E-state index is 12.8. The molecule has 3 aliphatic rings. The first-order chi connectivity index (χ1) is 15.8. The van der Waals surface area contributed by atoms with Gasteiger partial charge < -0.3 is 15.0 Å². The Morgan fingerprint density at radius 2 is 1.85 bits per heavy atom. The van der Waals surface area contributed by atoms with Crippen LogP contribution in [0.3, 0.4) is 0 Å². The van der Waals surface area contributed by atoms with Crippen LogP contribution in [0.4, 0.5) is 19.1 Å². The standard InChI is InChI=1S/C23H26F3N5O2/c24-23(25,26)33-20-9-15(8-17(10-20)16-2-3-16)11-27-22-28-12-18(13-29-22)21(32)31-7-1-6-30(14-31)19-4-5-19/h8-10,12-13,16,19H,1-7,11,14H2,(H,27,28,29). The van der Waals surface area contributed by atoms with E-state index in [0.29, 0.717) is 29.8 Å². The number of nitrogens with zero attached hydrogens (tertiary/aromatic N) is 4. The molecule has 2 aromatic rings.